The van der Waals surface area contributed by atoms with Crippen molar-refractivity contribution in [3.8, 4) is 0 Å². The molecule has 1 saturated carbocycles. The molecule has 2 rings (SSSR count). The first-order valence-corrected chi connectivity index (χ1v) is 6.16. The van der Waals surface area contributed by atoms with Crippen molar-refractivity contribution in [2.75, 3.05) is 6.61 Å². The monoisotopic (exact) mass is 233 g/mol. The molecule has 92 valence electrons. The average molecular weight is 233 g/mol. The Kier molecular flexibility index (Phi) is 3.48. The predicted octanol–water partition coefficient (Wildman–Crippen LogP) is 1.61. The molecule has 1 amide bonds. The largest absolute Gasteiger partial charge is 0.394 e. The minimum Gasteiger partial charge on any atom is -0.394 e. The van der Waals surface area contributed by atoms with E-state index in [1.54, 1.807) is 0 Å². The first-order valence-electron chi connectivity index (χ1n) is 6.16. The number of carbonyl (C=O) groups excluding carboxylic acids is 1. The lowest BCUT2D eigenvalue weighted by Crippen LogP contribution is -2.52. The van der Waals surface area contributed by atoms with Gasteiger partial charge in [0.25, 0.3) is 0 Å². The number of rotatable bonds is 4. The second-order valence-electron chi connectivity index (χ2n) is 4.86. The van der Waals surface area contributed by atoms with Crippen LogP contribution in [0.3, 0.4) is 0 Å². The maximum atomic E-state index is 12.3. The van der Waals surface area contributed by atoms with Crippen molar-refractivity contribution in [1.29, 1.82) is 0 Å². The van der Waals surface area contributed by atoms with Gasteiger partial charge in [-0.1, -0.05) is 36.8 Å². The second-order valence-corrected chi connectivity index (χ2v) is 4.86. The maximum Gasteiger partial charge on any atom is 0.230 e. The van der Waals surface area contributed by atoms with E-state index in [1.807, 2.05) is 37.3 Å². The van der Waals surface area contributed by atoms with Gasteiger partial charge >= 0.3 is 0 Å². The van der Waals surface area contributed by atoms with Crippen LogP contribution in [0.5, 0.6) is 0 Å². The Morgan fingerprint density at radius 2 is 2.06 bits per heavy atom. The fourth-order valence-electron chi connectivity index (χ4n) is 2.34. The Bertz CT molecular complexity index is 384. The van der Waals surface area contributed by atoms with Crippen molar-refractivity contribution in [2.24, 2.45) is 0 Å². The van der Waals surface area contributed by atoms with Gasteiger partial charge in [0.1, 0.15) is 0 Å². The lowest BCUT2D eigenvalue weighted by molar-refractivity contribution is -0.130. The van der Waals surface area contributed by atoms with Gasteiger partial charge in [0.15, 0.2) is 0 Å². The van der Waals surface area contributed by atoms with Gasteiger partial charge in [0.05, 0.1) is 12.0 Å². The molecule has 2 N–H and O–H groups in total. The zero-order valence-corrected chi connectivity index (χ0v) is 10.1. The third kappa shape index (κ3) is 2.20. The highest BCUT2D eigenvalue weighted by Crippen LogP contribution is 2.43. The highest BCUT2D eigenvalue weighted by molar-refractivity contribution is 5.89. The molecule has 1 fully saturated rings. The third-order valence-corrected chi connectivity index (χ3v) is 3.62. The van der Waals surface area contributed by atoms with E-state index in [2.05, 4.69) is 5.32 Å². The van der Waals surface area contributed by atoms with Gasteiger partial charge in [0.2, 0.25) is 5.91 Å². The van der Waals surface area contributed by atoms with Gasteiger partial charge in [0, 0.05) is 6.04 Å². The first-order chi connectivity index (χ1) is 8.19. The van der Waals surface area contributed by atoms with Gasteiger partial charge in [-0.2, -0.15) is 0 Å². The zero-order chi connectivity index (χ0) is 12.3. The van der Waals surface area contributed by atoms with Crippen LogP contribution in [0.2, 0.25) is 0 Å². The summed E-state index contributed by atoms with van der Waals surface area (Å²) in [7, 11) is 0. The molecule has 0 spiro atoms. The van der Waals surface area contributed by atoms with Gasteiger partial charge in [-0.25, -0.2) is 0 Å². The molecule has 0 saturated heterocycles. The molecule has 1 aromatic carbocycles. The van der Waals surface area contributed by atoms with Crippen molar-refractivity contribution < 1.29 is 9.90 Å². The molecule has 1 aliphatic rings. The summed E-state index contributed by atoms with van der Waals surface area (Å²) in [5.41, 5.74) is 0.735. The van der Waals surface area contributed by atoms with Crippen LogP contribution < -0.4 is 5.32 Å². The van der Waals surface area contributed by atoms with E-state index in [-0.39, 0.29) is 24.0 Å². The Morgan fingerprint density at radius 3 is 2.53 bits per heavy atom. The highest BCUT2D eigenvalue weighted by atomic mass is 16.3. The number of amides is 1. The molecule has 3 nitrogen and oxygen atoms in total. The molecule has 0 aromatic heterocycles. The first kappa shape index (κ1) is 12.1. The summed E-state index contributed by atoms with van der Waals surface area (Å²) in [4.78, 5) is 12.3. The fourth-order valence-corrected chi connectivity index (χ4v) is 2.34. The SMILES string of the molecule is C[C@H](CO)NC(=O)C1(c2ccccc2)CCC1. The van der Waals surface area contributed by atoms with Crippen LogP contribution in [-0.4, -0.2) is 23.7 Å². The molecule has 1 aromatic rings. The van der Waals surface area contributed by atoms with Crippen LogP contribution in [0.1, 0.15) is 31.7 Å². The van der Waals surface area contributed by atoms with Crippen LogP contribution in [0.4, 0.5) is 0 Å². The molecule has 3 heteroatoms. The molecule has 17 heavy (non-hydrogen) atoms. The minimum atomic E-state index is -0.356. The maximum absolute atomic E-state index is 12.3. The fraction of sp³-hybridized carbons (Fsp3) is 0.500. The van der Waals surface area contributed by atoms with E-state index in [4.69, 9.17) is 5.11 Å². The number of hydrogen-bond acceptors (Lipinski definition) is 2. The Morgan fingerprint density at radius 1 is 1.41 bits per heavy atom. The van der Waals surface area contributed by atoms with Crippen LogP contribution in [0, 0.1) is 0 Å². The number of nitrogens with one attached hydrogen (secondary N) is 1. The third-order valence-electron chi connectivity index (χ3n) is 3.62. The summed E-state index contributed by atoms with van der Waals surface area (Å²) < 4.78 is 0. The summed E-state index contributed by atoms with van der Waals surface area (Å²) in [6, 6.07) is 9.76. The van der Waals surface area contributed by atoms with Crippen molar-refractivity contribution in [1.82, 2.24) is 5.32 Å². The van der Waals surface area contributed by atoms with Gasteiger partial charge < -0.3 is 10.4 Å². The summed E-state index contributed by atoms with van der Waals surface area (Å²) >= 11 is 0. The molecule has 0 bridgehead atoms. The smallest absolute Gasteiger partial charge is 0.230 e. The quantitative estimate of drug-likeness (QED) is 0.830. The second kappa shape index (κ2) is 4.88. The van der Waals surface area contributed by atoms with E-state index in [0.29, 0.717) is 0 Å². The van der Waals surface area contributed by atoms with Crippen LogP contribution >= 0.6 is 0 Å². The Hall–Kier alpha value is -1.35. The van der Waals surface area contributed by atoms with Gasteiger partial charge in [-0.15, -0.1) is 0 Å². The van der Waals surface area contributed by atoms with E-state index in [9.17, 15) is 4.79 Å². The summed E-state index contributed by atoms with van der Waals surface area (Å²) in [6.45, 7) is 1.80. The van der Waals surface area contributed by atoms with E-state index < -0.39 is 0 Å². The summed E-state index contributed by atoms with van der Waals surface area (Å²) in [5, 5.41) is 11.9. The Labute approximate surface area is 102 Å². The van der Waals surface area contributed by atoms with Crippen molar-refractivity contribution in [2.45, 2.75) is 37.6 Å². The summed E-state index contributed by atoms with van der Waals surface area (Å²) in [5.74, 6) is 0.0523. The number of aliphatic hydroxyl groups excluding tert-OH is 1. The number of hydrogen-bond donors (Lipinski definition) is 2. The zero-order valence-electron chi connectivity index (χ0n) is 10.1. The van der Waals surface area contributed by atoms with Crippen molar-refractivity contribution in [3.05, 3.63) is 35.9 Å². The molecule has 1 atom stereocenters. The van der Waals surface area contributed by atoms with E-state index in [1.165, 1.54) is 0 Å². The molecule has 0 unspecified atom stereocenters. The predicted molar refractivity (Wildman–Crippen MR) is 66.7 cm³/mol. The molecular weight excluding hydrogens is 214 g/mol. The topological polar surface area (TPSA) is 49.3 Å². The van der Waals surface area contributed by atoms with Gasteiger partial charge in [-0.05, 0) is 25.3 Å². The molecule has 0 heterocycles. The molecule has 0 radical (unpaired) electrons. The van der Waals surface area contributed by atoms with Crippen LogP contribution in [0.25, 0.3) is 0 Å². The molecular formula is C14H19NO2. The van der Waals surface area contributed by atoms with E-state index in [0.717, 1.165) is 24.8 Å². The van der Waals surface area contributed by atoms with Crippen LogP contribution in [-0.2, 0) is 10.2 Å². The average Bonchev–Trinajstić information content (AvgIpc) is 2.28. The number of aliphatic hydroxyl groups is 1. The lowest BCUT2D eigenvalue weighted by atomic mass is 9.63. The highest BCUT2D eigenvalue weighted by Gasteiger charge is 2.45. The number of benzene rings is 1. The lowest BCUT2D eigenvalue weighted by Gasteiger charge is -2.41. The standard InChI is InChI=1S/C14H19NO2/c1-11(10-16)15-13(17)14(8-5-9-14)12-6-3-2-4-7-12/h2-4,6-7,11,16H,5,8-10H2,1H3,(H,15,17)/t11-/m1/s1. The molecule has 0 aliphatic heterocycles. The van der Waals surface area contributed by atoms with Crippen molar-refractivity contribution >= 4 is 5.91 Å². The van der Waals surface area contributed by atoms with Crippen LogP contribution in [0.15, 0.2) is 30.3 Å². The van der Waals surface area contributed by atoms with Gasteiger partial charge in [-0.3, -0.25) is 4.79 Å². The van der Waals surface area contributed by atoms with Crippen molar-refractivity contribution in [3.63, 3.8) is 0 Å². The minimum absolute atomic E-state index is 0.0173. The normalized spacial score (nSPS) is 19.2. The Balaban J connectivity index is 2.18. The summed E-state index contributed by atoms with van der Waals surface area (Å²) in [6.07, 6.45) is 2.90. The number of carbonyl (C=O) groups is 1. The van der Waals surface area contributed by atoms with E-state index >= 15 is 0 Å². The molecule has 1 aliphatic carbocycles.